The maximum atomic E-state index is 12.9. The topological polar surface area (TPSA) is 105 Å². The lowest BCUT2D eigenvalue weighted by Crippen LogP contribution is -2.45. The third-order valence-electron chi connectivity index (χ3n) is 11.2. The molecule has 61 heavy (non-hydrogen) atoms. The van der Waals surface area contributed by atoms with Crippen molar-refractivity contribution in [3.8, 4) is 0 Å². The molecule has 0 saturated carbocycles. The summed E-state index contributed by atoms with van der Waals surface area (Å²) in [7, 11) is 1.55. The summed E-state index contributed by atoms with van der Waals surface area (Å²) in [4.78, 5) is 23.2. The SMILES string of the molecule is CCCCCCCC/C=C/CC/C=C/CC/C=C/C(O)C(COP(=O)(O)OCC[N+](C)(C)C)NC(=O)CCCCCCCCCCCCC/C=C\CCCCCCCCCC. The van der Waals surface area contributed by atoms with Gasteiger partial charge in [-0.1, -0.05) is 197 Å². The molecule has 0 aliphatic rings. The summed E-state index contributed by atoms with van der Waals surface area (Å²) >= 11 is 0. The van der Waals surface area contributed by atoms with Crippen LogP contribution in [-0.2, 0) is 18.4 Å². The van der Waals surface area contributed by atoms with E-state index < -0.39 is 20.0 Å². The first-order valence-corrected chi connectivity index (χ1v) is 27.0. The zero-order valence-corrected chi connectivity index (χ0v) is 41.5. The van der Waals surface area contributed by atoms with E-state index in [1.807, 2.05) is 27.2 Å². The fraction of sp³-hybridized carbons (Fsp3) is 0.827. The summed E-state index contributed by atoms with van der Waals surface area (Å²) in [6.07, 6.45) is 56.2. The highest BCUT2D eigenvalue weighted by Gasteiger charge is 2.27. The molecule has 0 aliphatic carbocycles. The molecular weight excluding hydrogens is 780 g/mol. The Balaban J connectivity index is 4.33. The zero-order chi connectivity index (χ0) is 45.0. The van der Waals surface area contributed by atoms with Gasteiger partial charge in [-0.25, -0.2) is 4.57 Å². The van der Waals surface area contributed by atoms with Crippen molar-refractivity contribution in [1.29, 1.82) is 0 Å². The second kappa shape index (κ2) is 43.7. The molecule has 8 nitrogen and oxygen atoms in total. The third kappa shape index (κ3) is 46.3. The van der Waals surface area contributed by atoms with Gasteiger partial charge in [0.05, 0.1) is 39.9 Å². The highest BCUT2D eigenvalue weighted by Crippen LogP contribution is 2.43. The van der Waals surface area contributed by atoms with E-state index in [4.69, 9.17) is 9.05 Å². The summed E-state index contributed by atoms with van der Waals surface area (Å²) in [5, 5.41) is 13.8. The number of hydrogen-bond acceptors (Lipinski definition) is 5. The molecule has 0 rings (SSSR count). The predicted molar refractivity (Wildman–Crippen MR) is 263 cm³/mol. The van der Waals surface area contributed by atoms with E-state index in [0.29, 0.717) is 17.4 Å². The Labute approximate surface area is 378 Å². The number of carbonyl (C=O) groups excluding carboxylic acids is 1. The molecule has 358 valence electrons. The Kier molecular flexibility index (Phi) is 42.6. The summed E-state index contributed by atoms with van der Waals surface area (Å²) < 4.78 is 23.6. The Morgan fingerprint density at radius 3 is 1.31 bits per heavy atom. The molecule has 0 bridgehead atoms. The Morgan fingerprint density at radius 1 is 0.541 bits per heavy atom. The molecule has 0 saturated heterocycles. The molecule has 3 atom stereocenters. The van der Waals surface area contributed by atoms with Crippen molar-refractivity contribution in [3.05, 3.63) is 48.6 Å². The fourth-order valence-electron chi connectivity index (χ4n) is 7.19. The highest BCUT2D eigenvalue weighted by molar-refractivity contribution is 7.47. The van der Waals surface area contributed by atoms with Gasteiger partial charge in [0, 0.05) is 6.42 Å². The van der Waals surface area contributed by atoms with Gasteiger partial charge in [-0.2, -0.15) is 0 Å². The third-order valence-corrected chi connectivity index (χ3v) is 12.2. The average Bonchev–Trinajstić information content (AvgIpc) is 3.21. The summed E-state index contributed by atoms with van der Waals surface area (Å²) in [5.74, 6) is -0.192. The van der Waals surface area contributed by atoms with Crippen molar-refractivity contribution in [2.75, 3.05) is 40.9 Å². The molecule has 0 aromatic heterocycles. The highest BCUT2D eigenvalue weighted by atomic mass is 31.2. The molecule has 0 radical (unpaired) electrons. The first-order chi connectivity index (χ1) is 29.5. The minimum absolute atomic E-state index is 0.0529. The van der Waals surface area contributed by atoms with Crippen molar-refractivity contribution in [1.82, 2.24) is 5.32 Å². The minimum Gasteiger partial charge on any atom is -0.387 e. The lowest BCUT2D eigenvalue weighted by Gasteiger charge is -2.25. The van der Waals surface area contributed by atoms with Crippen LogP contribution < -0.4 is 5.32 Å². The van der Waals surface area contributed by atoms with Gasteiger partial charge in [-0.05, 0) is 70.6 Å². The van der Waals surface area contributed by atoms with Crippen LogP contribution in [0, 0.1) is 0 Å². The van der Waals surface area contributed by atoms with Crippen molar-refractivity contribution < 1.29 is 32.9 Å². The van der Waals surface area contributed by atoms with Crippen LogP contribution in [-0.4, -0.2) is 73.4 Å². The maximum Gasteiger partial charge on any atom is 0.472 e. The van der Waals surface area contributed by atoms with E-state index in [9.17, 15) is 19.4 Å². The normalized spacial score (nSPS) is 14.5. The number of nitrogens with zero attached hydrogens (tertiary/aromatic N) is 1. The molecule has 0 aromatic rings. The molecule has 9 heteroatoms. The van der Waals surface area contributed by atoms with Gasteiger partial charge in [-0.3, -0.25) is 13.8 Å². The molecular formula is C52H100N2O6P+. The van der Waals surface area contributed by atoms with Crippen molar-refractivity contribution in [2.24, 2.45) is 0 Å². The number of aliphatic hydroxyl groups is 1. The predicted octanol–water partition coefficient (Wildman–Crippen LogP) is 14.8. The molecule has 0 spiro atoms. The van der Waals surface area contributed by atoms with Gasteiger partial charge in [-0.15, -0.1) is 0 Å². The molecule has 3 unspecified atom stereocenters. The number of likely N-dealkylation sites (N-methyl/N-ethyl adjacent to an activating group) is 1. The Morgan fingerprint density at radius 2 is 0.902 bits per heavy atom. The van der Waals surface area contributed by atoms with Crippen LogP contribution in [0.5, 0.6) is 0 Å². The maximum absolute atomic E-state index is 12.9. The van der Waals surface area contributed by atoms with Gasteiger partial charge >= 0.3 is 7.82 Å². The van der Waals surface area contributed by atoms with Gasteiger partial charge in [0.25, 0.3) is 0 Å². The number of hydrogen-bond donors (Lipinski definition) is 3. The van der Waals surface area contributed by atoms with Crippen molar-refractivity contribution in [3.63, 3.8) is 0 Å². The lowest BCUT2D eigenvalue weighted by atomic mass is 10.0. The monoisotopic (exact) mass is 880 g/mol. The van der Waals surface area contributed by atoms with Crippen LogP contribution in [0.4, 0.5) is 0 Å². The molecule has 3 N–H and O–H groups in total. The molecule has 1 amide bonds. The van der Waals surface area contributed by atoms with Crippen LogP contribution >= 0.6 is 7.82 Å². The summed E-state index contributed by atoms with van der Waals surface area (Å²) in [6.45, 7) is 4.78. The van der Waals surface area contributed by atoms with E-state index in [0.717, 1.165) is 44.9 Å². The number of allylic oxidation sites excluding steroid dienone is 7. The molecule has 0 aromatic carbocycles. The Hall–Kier alpha value is -1.54. The summed E-state index contributed by atoms with van der Waals surface area (Å²) in [6, 6.07) is -0.870. The number of rotatable bonds is 46. The number of aliphatic hydroxyl groups excluding tert-OH is 1. The number of phosphoric ester groups is 1. The standard InChI is InChI=1S/C52H99N2O6P/c1-6-8-10-12-14-16-18-20-22-24-25-26-27-28-29-30-32-34-36-38-40-42-44-46-52(56)53-50(49-60-61(57,58)59-48-47-54(3,4)5)51(55)45-43-41-39-37-35-33-31-23-21-19-17-15-13-11-9-7-2/h21,23-25,35,37,43,45,50-51,55H,6-20,22,26-34,36,38-42,44,46-49H2,1-5H3,(H-,53,56,57,58)/p+1/b23-21+,25-24-,37-35+,45-43+. The van der Waals surface area contributed by atoms with E-state index in [-0.39, 0.29) is 19.1 Å². The second-order valence-corrected chi connectivity index (χ2v) is 20.0. The molecule has 0 aliphatic heterocycles. The van der Waals surface area contributed by atoms with E-state index in [2.05, 4.69) is 55.6 Å². The average molecular weight is 880 g/mol. The smallest absolute Gasteiger partial charge is 0.387 e. The first-order valence-electron chi connectivity index (χ1n) is 25.5. The van der Waals surface area contributed by atoms with Crippen LogP contribution in [0.2, 0.25) is 0 Å². The number of amides is 1. The number of unbranched alkanes of at least 4 members (excludes halogenated alkanes) is 27. The van der Waals surface area contributed by atoms with Crippen molar-refractivity contribution in [2.45, 2.75) is 238 Å². The van der Waals surface area contributed by atoms with Crippen LogP contribution in [0.1, 0.15) is 226 Å². The van der Waals surface area contributed by atoms with Crippen LogP contribution in [0.3, 0.4) is 0 Å². The van der Waals surface area contributed by atoms with Crippen LogP contribution in [0.25, 0.3) is 0 Å². The Bertz CT molecular complexity index is 1130. The minimum atomic E-state index is -4.35. The fourth-order valence-corrected chi connectivity index (χ4v) is 7.92. The zero-order valence-electron chi connectivity index (χ0n) is 40.7. The van der Waals surface area contributed by atoms with Crippen molar-refractivity contribution >= 4 is 13.7 Å². The first kappa shape index (κ1) is 59.5. The van der Waals surface area contributed by atoms with E-state index in [1.165, 1.54) is 161 Å². The second-order valence-electron chi connectivity index (χ2n) is 18.5. The summed E-state index contributed by atoms with van der Waals surface area (Å²) in [5.41, 5.74) is 0. The number of carbonyl (C=O) groups is 1. The van der Waals surface area contributed by atoms with E-state index >= 15 is 0 Å². The largest absolute Gasteiger partial charge is 0.472 e. The quantitative estimate of drug-likeness (QED) is 0.0243. The van der Waals surface area contributed by atoms with Gasteiger partial charge < -0.3 is 19.8 Å². The van der Waals surface area contributed by atoms with Gasteiger partial charge in [0.15, 0.2) is 0 Å². The number of quaternary nitrogens is 1. The van der Waals surface area contributed by atoms with Crippen LogP contribution in [0.15, 0.2) is 48.6 Å². The van der Waals surface area contributed by atoms with Gasteiger partial charge in [0.2, 0.25) is 5.91 Å². The number of nitrogens with one attached hydrogen (secondary N) is 1. The lowest BCUT2D eigenvalue weighted by molar-refractivity contribution is -0.870. The molecule has 0 fully saturated rings. The molecule has 0 heterocycles. The van der Waals surface area contributed by atoms with E-state index in [1.54, 1.807) is 6.08 Å². The van der Waals surface area contributed by atoms with Gasteiger partial charge in [0.1, 0.15) is 13.2 Å². The number of phosphoric acid groups is 1.